The predicted molar refractivity (Wildman–Crippen MR) is 115 cm³/mol. The summed E-state index contributed by atoms with van der Waals surface area (Å²) in [6, 6.07) is 7.06. The Kier molecular flexibility index (Phi) is 5.37. The first-order valence-electron chi connectivity index (χ1n) is 9.78. The molecule has 1 aromatic carbocycles. The highest BCUT2D eigenvalue weighted by molar-refractivity contribution is 5.59. The molecule has 2 aliphatic heterocycles. The van der Waals surface area contributed by atoms with E-state index in [0.29, 0.717) is 49.7 Å². The van der Waals surface area contributed by atoms with E-state index >= 15 is 0 Å². The van der Waals surface area contributed by atoms with Crippen LogP contribution in [-0.4, -0.2) is 65.3 Å². The zero-order chi connectivity index (χ0) is 20.5. The summed E-state index contributed by atoms with van der Waals surface area (Å²) in [5, 5.41) is 3.22. The third-order valence-electron chi connectivity index (χ3n) is 5.27. The maximum absolute atomic E-state index is 6.16. The number of aromatic nitrogens is 3. The molecule has 0 spiro atoms. The van der Waals surface area contributed by atoms with Crippen molar-refractivity contribution in [3.05, 3.63) is 24.3 Å². The Labute approximate surface area is 169 Å². The van der Waals surface area contributed by atoms with Gasteiger partial charge in [-0.05, 0) is 30.7 Å². The summed E-state index contributed by atoms with van der Waals surface area (Å²) in [5.41, 5.74) is 31.8. The summed E-state index contributed by atoms with van der Waals surface area (Å²) in [5.74, 6) is 1.49. The van der Waals surface area contributed by atoms with Crippen molar-refractivity contribution in [3.8, 4) is 0 Å². The zero-order valence-electron chi connectivity index (χ0n) is 16.3. The Balaban J connectivity index is 1.66. The van der Waals surface area contributed by atoms with Crippen molar-refractivity contribution in [1.82, 2.24) is 15.0 Å². The molecule has 11 heteroatoms. The maximum atomic E-state index is 6.16. The number of piperidine rings is 1. The molecule has 4 rings (SSSR count). The van der Waals surface area contributed by atoms with Gasteiger partial charge in [0.1, 0.15) is 0 Å². The lowest BCUT2D eigenvalue weighted by molar-refractivity contribution is 0.447. The predicted octanol–water partition coefficient (Wildman–Crippen LogP) is -1.46. The van der Waals surface area contributed by atoms with Gasteiger partial charge in [-0.1, -0.05) is 0 Å². The van der Waals surface area contributed by atoms with Crippen molar-refractivity contribution in [2.45, 2.75) is 30.6 Å². The molecule has 11 N–H and O–H groups in total. The van der Waals surface area contributed by atoms with Crippen molar-refractivity contribution in [1.29, 1.82) is 0 Å². The van der Waals surface area contributed by atoms with E-state index in [2.05, 4.69) is 20.3 Å². The summed E-state index contributed by atoms with van der Waals surface area (Å²) in [6.07, 6.45) is 0.779. The molecule has 0 aliphatic carbocycles. The lowest BCUT2D eigenvalue weighted by Gasteiger charge is -2.35. The van der Waals surface area contributed by atoms with E-state index in [-0.39, 0.29) is 24.2 Å². The summed E-state index contributed by atoms with van der Waals surface area (Å²) in [4.78, 5) is 17.9. The van der Waals surface area contributed by atoms with Crippen LogP contribution < -0.4 is 43.8 Å². The number of rotatable bonds is 4. The fraction of sp³-hybridized carbons (Fsp3) is 0.500. The van der Waals surface area contributed by atoms with Crippen LogP contribution >= 0.6 is 0 Å². The summed E-state index contributed by atoms with van der Waals surface area (Å²) in [7, 11) is 0. The molecule has 29 heavy (non-hydrogen) atoms. The molecule has 2 fully saturated rings. The molecular weight excluding hydrogens is 370 g/mol. The minimum Gasteiger partial charge on any atom is -0.399 e. The van der Waals surface area contributed by atoms with E-state index in [1.807, 2.05) is 34.1 Å². The Morgan fingerprint density at radius 3 is 1.83 bits per heavy atom. The van der Waals surface area contributed by atoms with Crippen LogP contribution in [0.5, 0.6) is 0 Å². The minimum absolute atomic E-state index is 0.0268. The number of hydrogen-bond donors (Lipinski definition) is 6. The Bertz CT molecular complexity index is 822. The normalized spacial score (nSPS) is 27.3. The Morgan fingerprint density at radius 2 is 1.28 bits per heavy atom. The number of nitrogens with two attached hydrogens (primary N) is 5. The highest BCUT2D eigenvalue weighted by Gasteiger charge is 2.31. The average Bonchev–Trinajstić information content (AvgIpc) is 3.01. The lowest BCUT2D eigenvalue weighted by atomic mass is 10.0. The zero-order valence-corrected chi connectivity index (χ0v) is 16.3. The van der Waals surface area contributed by atoms with Gasteiger partial charge in [-0.15, -0.1) is 0 Å². The number of nitrogens with one attached hydrogen (secondary N) is 1. The molecular formula is C18H29N11. The average molecular weight is 400 g/mol. The molecule has 0 unspecified atom stereocenters. The van der Waals surface area contributed by atoms with Gasteiger partial charge >= 0.3 is 0 Å². The first kappa shape index (κ1) is 19.6. The van der Waals surface area contributed by atoms with Gasteiger partial charge < -0.3 is 43.8 Å². The number of hydrogen-bond acceptors (Lipinski definition) is 11. The van der Waals surface area contributed by atoms with Crippen LogP contribution in [0.15, 0.2) is 24.3 Å². The highest BCUT2D eigenvalue weighted by Crippen LogP contribution is 2.24. The second-order valence-electron chi connectivity index (χ2n) is 7.90. The standard InChI is InChI=1S/C18H29N11/c19-10-1-3-13(4-2-10)24-16-25-17(28-6-11(20)5-12(21)7-28)27-18(26-16)29-8-14(22)15(23)9-29/h1-4,11-12,14-15H,5-9,19-23H2,(H,24,25,26,27)/t11-,12+,14-,15+. The van der Waals surface area contributed by atoms with Gasteiger partial charge in [-0.25, -0.2) is 0 Å². The molecule has 0 amide bonds. The van der Waals surface area contributed by atoms with E-state index in [0.717, 1.165) is 12.1 Å². The third-order valence-corrected chi connectivity index (χ3v) is 5.27. The van der Waals surface area contributed by atoms with Crippen LogP contribution in [0.4, 0.5) is 29.2 Å². The van der Waals surface area contributed by atoms with Gasteiger partial charge in [0.15, 0.2) is 0 Å². The van der Waals surface area contributed by atoms with Crippen molar-refractivity contribution in [2.24, 2.45) is 22.9 Å². The second kappa shape index (κ2) is 7.95. The van der Waals surface area contributed by atoms with Gasteiger partial charge in [0, 0.05) is 61.7 Å². The molecule has 0 bridgehead atoms. The van der Waals surface area contributed by atoms with Crippen LogP contribution in [0.25, 0.3) is 0 Å². The van der Waals surface area contributed by atoms with E-state index < -0.39 is 0 Å². The number of nitrogens with zero attached hydrogens (tertiary/aromatic N) is 5. The number of nitrogen functional groups attached to an aromatic ring is 1. The molecule has 4 atom stereocenters. The first-order valence-corrected chi connectivity index (χ1v) is 9.78. The quantitative estimate of drug-likeness (QED) is 0.330. The van der Waals surface area contributed by atoms with E-state index in [1.54, 1.807) is 0 Å². The minimum atomic E-state index is -0.124. The second-order valence-corrected chi connectivity index (χ2v) is 7.90. The van der Waals surface area contributed by atoms with Crippen molar-refractivity contribution >= 4 is 29.2 Å². The van der Waals surface area contributed by atoms with Crippen LogP contribution in [0.2, 0.25) is 0 Å². The maximum Gasteiger partial charge on any atom is 0.233 e. The molecule has 2 aromatic rings. The van der Waals surface area contributed by atoms with Crippen LogP contribution in [0.3, 0.4) is 0 Å². The summed E-state index contributed by atoms with van der Waals surface area (Å²) >= 11 is 0. The van der Waals surface area contributed by atoms with Crippen LogP contribution in [0, 0.1) is 0 Å². The highest BCUT2D eigenvalue weighted by atomic mass is 15.4. The molecule has 156 valence electrons. The fourth-order valence-corrected chi connectivity index (χ4v) is 3.75. The number of benzene rings is 1. The van der Waals surface area contributed by atoms with E-state index in [4.69, 9.17) is 28.7 Å². The monoisotopic (exact) mass is 399 g/mol. The molecule has 2 aliphatic rings. The van der Waals surface area contributed by atoms with Gasteiger partial charge in [-0.3, -0.25) is 0 Å². The molecule has 0 radical (unpaired) electrons. The molecule has 3 heterocycles. The van der Waals surface area contributed by atoms with Crippen LogP contribution in [0.1, 0.15) is 6.42 Å². The van der Waals surface area contributed by atoms with Gasteiger partial charge in [0.05, 0.1) is 0 Å². The molecule has 2 saturated heterocycles. The topological polar surface area (TPSA) is 187 Å². The first-order chi connectivity index (χ1) is 13.9. The lowest BCUT2D eigenvalue weighted by Crippen LogP contribution is -2.53. The van der Waals surface area contributed by atoms with Gasteiger partial charge in [-0.2, -0.15) is 15.0 Å². The molecule has 1 aromatic heterocycles. The largest absolute Gasteiger partial charge is 0.399 e. The van der Waals surface area contributed by atoms with Crippen molar-refractivity contribution < 1.29 is 0 Å². The smallest absolute Gasteiger partial charge is 0.233 e. The van der Waals surface area contributed by atoms with E-state index in [1.165, 1.54) is 0 Å². The van der Waals surface area contributed by atoms with E-state index in [9.17, 15) is 0 Å². The fourth-order valence-electron chi connectivity index (χ4n) is 3.75. The summed E-state index contributed by atoms with van der Waals surface area (Å²) < 4.78 is 0. The van der Waals surface area contributed by atoms with Gasteiger partial charge in [0.25, 0.3) is 0 Å². The van der Waals surface area contributed by atoms with Crippen molar-refractivity contribution in [2.75, 3.05) is 47.0 Å². The van der Waals surface area contributed by atoms with Gasteiger partial charge in [0.2, 0.25) is 17.8 Å². The van der Waals surface area contributed by atoms with Crippen molar-refractivity contribution in [3.63, 3.8) is 0 Å². The molecule has 11 nitrogen and oxygen atoms in total. The molecule has 0 saturated carbocycles. The Morgan fingerprint density at radius 1 is 0.759 bits per heavy atom. The van der Waals surface area contributed by atoms with Crippen LogP contribution in [-0.2, 0) is 0 Å². The SMILES string of the molecule is Nc1ccc(Nc2nc(N3C[C@H](N)C[C@H](N)C3)nc(N3C[C@@H](N)[C@@H](N)C3)n2)cc1. The third kappa shape index (κ3) is 4.48. The number of anilines is 5. The summed E-state index contributed by atoms with van der Waals surface area (Å²) in [6.45, 7) is 2.45. The Hall–Kier alpha value is -2.73.